The molecule has 1 saturated heterocycles. The van der Waals surface area contributed by atoms with Crippen molar-refractivity contribution in [3.63, 3.8) is 0 Å². The number of nitrogens with zero attached hydrogens (tertiary/aromatic N) is 4. The molecule has 2 heterocycles. The average Bonchev–Trinajstić information content (AvgIpc) is 2.63. The Morgan fingerprint density at radius 3 is 2.62 bits per heavy atom. The second-order valence-electron chi connectivity index (χ2n) is 6.74. The number of aromatic nitrogens is 3. The van der Waals surface area contributed by atoms with Gasteiger partial charge in [0.2, 0.25) is 17.2 Å². The van der Waals surface area contributed by atoms with E-state index in [-0.39, 0.29) is 5.28 Å². The molecule has 21 heavy (non-hydrogen) atoms. The van der Waals surface area contributed by atoms with Gasteiger partial charge in [-0.25, -0.2) is 0 Å². The Morgan fingerprint density at radius 1 is 1.19 bits per heavy atom. The standard InChI is InChI=1S/C15H26ClN5/c1-5-17-13-18-12(16)19-14(20-13)21-9-6-7-11(8-10-21)15(2,3)4/h11H,5-10H2,1-4H3,(H,17,18,19,20). The van der Waals surface area contributed by atoms with Crippen LogP contribution in [-0.4, -0.2) is 34.6 Å². The summed E-state index contributed by atoms with van der Waals surface area (Å²) in [7, 11) is 0. The predicted octanol–water partition coefficient (Wildman–Crippen LogP) is 3.61. The second kappa shape index (κ2) is 6.77. The summed E-state index contributed by atoms with van der Waals surface area (Å²) in [4.78, 5) is 15.1. The lowest BCUT2D eigenvalue weighted by Gasteiger charge is -2.29. The molecule has 2 rings (SSSR count). The van der Waals surface area contributed by atoms with E-state index in [2.05, 4.69) is 45.9 Å². The van der Waals surface area contributed by atoms with E-state index in [0.717, 1.165) is 25.6 Å². The van der Waals surface area contributed by atoms with Gasteiger partial charge < -0.3 is 10.2 Å². The fraction of sp³-hybridized carbons (Fsp3) is 0.800. The van der Waals surface area contributed by atoms with Crippen molar-refractivity contribution < 1.29 is 0 Å². The summed E-state index contributed by atoms with van der Waals surface area (Å²) in [5, 5.41) is 3.36. The summed E-state index contributed by atoms with van der Waals surface area (Å²) in [6, 6.07) is 0. The first-order chi connectivity index (χ1) is 9.90. The number of hydrogen-bond acceptors (Lipinski definition) is 5. The molecule has 1 aromatic rings. The van der Waals surface area contributed by atoms with E-state index in [1.54, 1.807) is 0 Å². The van der Waals surface area contributed by atoms with Crippen LogP contribution in [0.2, 0.25) is 5.28 Å². The Hall–Kier alpha value is -1.10. The van der Waals surface area contributed by atoms with Crippen molar-refractivity contribution in [2.75, 3.05) is 29.9 Å². The maximum absolute atomic E-state index is 6.02. The first-order valence-electron chi connectivity index (χ1n) is 7.80. The SMILES string of the molecule is CCNc1nc(Cl)nc(N2CCCC(C(C)(C)C)CC2)n1. The fourth-order valence-electron chi connectivity index (χ4n) is 2.88. The van der Waals surface area contributed by atoms with Gasteiger partial charge in [-0.05, 0) is 49.1 Å². The van der Waals surface area contributed by atoms with E-state index < -0.39 is 0 Å². The van der Waals surface area contributed by atoms with Crippen LogP contribution in [-0.2, 0) is 0 Å². The minimum atomic E-state index is 0.257. The van der Waals surface area contributed by atoms with E-state index in [1.807, 2.05) is 6.92 Å². The minimum absolute atomic E-state index is 0.257. The van der Waals surface area contributed by atoms with Crippen LogP contribution < -0.4 is 10.2 Å². The second-order valence-corrected chi connectivity index (χ2v) is 7.08. The van der Waals surface area contributed by atoms with Gasteiger partial charge in [0.1, 0.15) is 0 Å². The van der Waals surface area contributed by atoms with Gasteiger partial charge >= 0.3 is 0 Å². The predicted molar refractivity (Wildman–Crippen MR) is 88.0 cm³/mol. The van der Waals surface area contributed by atoms with Crippen LogP contribution in [0, 0.1) is 11.3 Å². The third kappa shape index (κ3) is 4.43. The number of hydrogen-bond donors (Lipinski definition) is 1. The van der Waals surface area contributed by atoms with Crippen LogP contribution in [0.15, 0.2) is 0 Å². The number of nitrogens with one attached hydrogen (secondary N) is 1. The largest absolute Gasteiger partial charge is 0.354 e. The highest BCUT2D eigenvalue weighted by molar-refractivity contribution is 6.28. The van der Waals surface area contributed by atoms with Gasteiger partial charge in [-0.3, -0.25) is 0 Å². The molecule has 5 nitrogen and oxygen atoms in total. The molecule has 1 N–H and O–H groups in total. The van der Waals surface area contributed by atoms with Gasteiger partial charge in [-0.2, -0.15) is 15.0 Å². The van der Waals surface area contributed by atoms with E-state index in [1.165, 1.54) is 19.3 Å². The van der Waals surface area contributed by atoms with Gasteiger partial charge in [0, 0.05) is 19.6 Å². The molecule has 1 aliphatic rings. The summed E-state index contributed by atoms with van der Waals surface area (Å²) < 4.78 is 0. The monoisotopic (exact) mass is 311 g/mol. The molecule has 0 amide bonds. The Labute approximate surface area is 132 Å². The van der Waals surface area contributed by atoms with Crippen molar-refractivity contribution in [2.45, 2.75) is 47.0 Å². The van der Waals surface area contributed by atoms with Crippen molar-refractivity contribution in [1.29, 1.82) is 0 Å². The van der Waals surface area contributed by atoms with E-state index in [4.69, 9.17) is 11.6 Å². The zero-order valence-corrected chi connectivity index (χ0v) is 14.2. The maximum Gasteiger partial charge on any atom is 0.231 e. The van der Waals surface area contributed by atoms with Crippen molar-refractivity contribution in [3.05, 3.63) is 5.28 Å². The van der Waals surface area contributed by atoms with Gasteiger partial charge in [-0.15, -0.1) is 0 Å². The molecule has 1 unspecified atom stereocenters. The quantitative estimate of drug-likeness (QED) is 0.924. The molecule has 1 atom stereocenters. The zero-order chi connectivity index (χ0) is 15.5. The third-order valence-electron chi connectivity index (χ3n) is 4.17. The summed E-state index contributed by atoms with van der Waals surface area (Å²) in [6.45, 7) is 11.7. The molecule has 1 aromatic heterocycles. The molecule has 0 aromatic carbocycles. The fourth-order valence-corrected chi connectivity index (χ4v) is 3.04. The Bertz CT molecular complexity index is 472. The van der Waals surface area contributed by atoms with Gasteiger partial charge in [0.05, 0.1) is 0 Å². The molecule has 0 aliphatic carbocycles. The third-order valence-corrected chi connectivity index (χ3v) is 4.34. The summed E-state index contributed by atoms with van der Waals surface area (Å²) in [6.07, 6.45) is 3.60. The van der Waals surface area contributed by atoms with Crippen LogP contribution in [0.4, 0.5) is 11.9 Å². The van der Waals surface area contributed by atoms with Gasteiger partial charge in [-0.1, -0.05) is 20.8 Å². The number of rotatable bonds is 3. The van der Waals surface area contributed by atoms with Crippen molar-refractivity contribution >= 4 is 23.5 Å². The molecule has 0 saturated carbocycles. The zero-order valence-electron chi connectivity index (χ0n) is 13.5. The number of halogens is 1. The molecule has 1 fully saturated rings. The summed E-state index contributed by atoms with van der Waals surface area (Å²) >= 11 is 6.02. The lowest BCUT2D eigenvalue weighted by atomic mass is 9.77. The lowest BCUT2D eigenvalue weighted by molar-refractivity contribution is 0.220. The maximum atomic E-state index is 6.02. The number of anilines is 2. The highest BCUT2D eigenvalue weighted by Crippen LogP contribution is 2.34. The van der Waals surface area contributed by atoms with Crippen LogP contribution in [0.5, 0.6) is 0 Å². The van der Waals surface area contributed by atoms with Crippen LogP contribution in [0.3, 0.4) is 0 Å². The Balaban J connectivity index is 2.12. The van der Waals surface area contributed by atoms with E-state index in [9.17, 15) is 0 Å². The summed E-state index contributed by atoms with van der Waals surface area (Å²) in [5.74, 6) is 2.00. The normalized spacial score (nSPS) is 20.2. The average molecular weight is 312 g/mol. The molecule has 118 valence electrons. The van der Waals surface area contributed by atoms with E-state index >= 15 is 0 Å². The van der Waals surface area contributed by atoms with Gasteiger partial charge in [0.25, 0.3) is 0 Å². The van der Waals surface area contributed by atoms with E-state index in [0.29, 0.717) is 17.3 Å². The molecular formula is C15H26ClN5. The molecule has 0 radical (unpaired) electrons. The van der Waals surface area contributed by atoms with Crippen LogP contribution >= 0.6 is 11.6 Å². The smallest absolute Gasteiger partial charge is 0.231 e. The lowest BCUT2D eigenvalue weighted by Crippen LogP contribution is -2.28. The minimum Gasteiger partial charge on any atom is -0.354 e. The molecular weight excluding hydrogens is 286 g/mol. The van der Waals surface area contributed by atoms with Crippen LogP contribution in [0.1, 0.15) is 47.0 Å². The van der Waals surface area contributed by atoms with Crippen LogP contribution in [0.25, 0.3) is 0 Å². The first kappa shape index (κ1) is 16.3. The van der Waals surface area contributed by atoms with Crippen molar-refractivity contribution in [2.24, 2.45) is 11.3 Å². The van der Waals surface area contributed by atoms with Crippen molar-refractivity contribution in [1.82, 2.24) is 15.0 Å². The Morgan fingerprint density at radius 2 is 1.95 bits per heavy atom. The topological polar surface area (TPSA) is 53.9 Å². The molecule has 6 heteroatoms. The first-order valence-corrected chi connectivity index (χ1v) is 8.18. The highest BCUT2D eigenvalue weighted by Gasteiger charge is 2.28. The summed E-state index contributed by atoms with van der Waals surface area (Å²) in [5.41, 5.74) is 0.363. The highest BCUT2D eigenvalue weighted by atomic mass is 35.5. The van der Waals surface area contributed by atoms with Crippen molar-refractivity contribution in [3.8, 4) is 0 Å². The van der Waals surface area contributed by atoms with Gasteiger partial charge in [0.15, 0.2) is 0 Å². The Kier molecular flexibility index (Phi) is 5.25. The molecule has 0 bridgehead atoms. The molecule has 0 spiro atoms. The molecule has 1 aliphatic heterocycles.